The number of nitrogens with one attached hydrogen (secondary N) is 1. The number of amides is 2. The van der Waals surface area contributed by atoms with Gasteiger partial charge in [0.25, 0.3) is 11.8 Å². The molecule has 0 spiro atoms. The second-order valence-electron chi connectivity index (χ2n) is 8.81. The number of nitrogen functional groups attached to an aromatic ring is 1. The largest absolute Gasteiger partial charge is 0.477 e. The fourth-order valence-corrected chi connectivity index (χ4v) is 6.14. The Kier molecular flexibility index (Phi) is 7.47. The van der Waals surface area contributed by atoms with Crippen molar-refractivity contribution in [1.82, 2.24) is 29.2 Å². The molecule has 1 fully saturated rings. The van der Waals surface area contributed by atoms with E-state index in [2.05, 4.69) is 24.9 Å². The van der Waals surface area contributed by atoms with Crippen LogP contribution in [0.2, 0.25) is 0 Å². The molecule has 0 aromatic carbocycles. The van der Waals surface area contributed by atoms with Gasteiger partial charge in [0, 0.05) is 28.9 Å². The second-order valence-corrected chi connectivity index (χ2v) is 10.7. The highest BCUT2D eigenvalue weighted by molar-refractivity contribution is 8.00. The van der Waals surface area contributed by atoms with Gasteiger partial charge in [-0.1, -0.05) is 24.1 Å². The molecule has 2 atom stereocenters. The summed E-state index contributed by atoms with van der Waals surface area (Å²) >= 11 is 2.27. The third-order valence-electron chi connectivity index (χ3n) is 6.41. The molecule has 0 aliphatic carbocycles. The number of carboxylic acids is 1. The fraction of sp³-hybridized carbons (Fsp3) is 0.391. The number of aliphatic carboxylic acids is 1. The zero-order valence-electron chi connectivity index (χ0n) is 21.1. The number of nitrogens with two attached hydrogens (primary N) is 1. The smallest absolute Gasteiger partial charge is 0.352 e. The van der Waals surface area contributed by atoms with Crippen LogP contribution in [0.1, 0.15) is 32.5 Å². The van der Waals surface area contributed by atoms with E-state index >= 15 is 0 Å². The molecule has 3 aromatic rings. The molecule has 3 aromatic heterocycles. The molecule has 14 nitrogen and oxygen atoms in total. The number of β-lactam (4-membered cyclic amide) rings is 1. The number of thioether (sulfide) groups is 1. The van der Waals surface area contributed by atoms with Crippen molar-refractivity contribution in [2.45, 2.75) is 50.8 Å². The van der Waals surface area contributed by atoms with Crippen LogP contribution >= 0.6 is 23.3 Å². The van der Waals surface area contributed by atoms with Crippen molar-refractivity contribution in [2.75, 3.05) is 11.5 Å². The molecule has 2 amide bonds. The molecule has 4 N–H and O–H groups in total. The van der Waals surface area contributed by atoms with Crippen LogP contribution in [0.25, 0.3) is 5.65 Å². The Bertz CT molecular complexity index is 1500. The monoisotopic (exact) mass is 572 g/mol. The normalized spacial score (nSPS) is 19.3. The third kappa shape index (κ3) is 5.04. The Balaban J connectivity index is 1.36. The average Bonchev–Trinajstić information content (AvgIpc) is 3.55. The van der Waals surface area contributed by atoms with Gasteiger partial charge < -0.3 is 21.0 Å². The van der Waals surface area contributed by atoms with E-state index < -0.39 is 29.2 Å². The quantitative estimate of drug-likeness (QED) is 0.133. The lowest BCUT2D eigenvalue weighted by molar-refractivity contribution is -0.662. The van der Waals surface area contributed by atoms with Crippen molar-refractivity contribution in [2.24, 2.45) is 5.16 Å². The van der Waals surface area contributed by atoms with Crippen LogP contribution in [-0.4, -0.2) is 75.7 Å². The molecule has 0 unspecified atom stereocenters. The molecule has 16 heteroatoms. The van der Waals surface area contributed by atoms with Gasteiger partial charge in [0.15, 0.2) is 11.3 Å². The number of oxime groups is 1. The summed E-state index contributed by atoms with van der Waals surface area (Å²) < 4.78 is 7.60. The Morgan fingerprint density at radius 2 is 2.18 bits per heavy atom. The summed E-state index contributed by atoms with van der Waals surface area (Å²) in [5.74, 6) is -2.11. The summed E-state index contributed by atoms with van der Waals surface area (Å²) in [5, 5.41) is 20.5. The van der Waals surface area contributed by atoms with Crippen LogP contribution in [-0.2, 0) is 25.8 Å². The minimum atomic E-state index is -1.21. The Hall–Kier alpha value is -4.05. The van der Waals surface area contributed by atoms with E-state index in [1.807, 2.05) is 24.5 Å². The summed E-state index contributed by atoms with van der Waals surface area (Å²) in [6.07, 6.45) is 6.37. The summed E-state index contributed by atoms with van der Waals surface area (Å²) in [5.41, 5.74) is 6.76. The fourth-order valence-electron chi connectivity index (χ4n) is 4.37. The van der Waals surface area contributed by atoms with Crippen molar-refractivity contribution < 1.29 is 28.9 Å². The molecule has 204 valence electrons. The standard InChI is InChI=1S/C23H25N9O5S2/c1-3-13(4-2)37-28-15(18-27-23(24)39-29-18)19(33)26-16-20(34)32-17(22(35)36)12(11-38-21(16)32)10-30-8-9-31-14(30)6-5-7-25-31/h5-9,13,16,21H,3-4,10-11H2,1-2H3,(H3-,24,26,27,29,33,35,36)/p+1/b28-15-/t16-,21-/m1/s1. The Labute approximate surface area is 230 Å². The number of aromatic nitrogens is 5. The second kappa shape index (κ2) is 11.0. The number of carbonyl (C=O) groups is 3. The minimum Gasteiger partial charge on any atom is -0.477 e. The van der Waals surface area contributed by atoms with Crippen LogP contribution in [0.3, 0.4) is 0 Å². The number of fused-ring (bicyclic) bond motifs is 2. The first-order chi connectivity index (χ1) is 18.8. The van der Waals surface area contributed by atoms with E-state index in [-0.39, 0.29) is 35.0 Å². The lowest BCUT2D eigenvalue weighted by atomic mass is 10.0. The van der Waals surface area contributed by atoms with Crippen molar-refractivity contribution in [3.8, 4) is 0 Å². The van der Waals surface area contributed by atoms with Crippen LogP contribution < -0.4 is 15.6 Å². The summed E-state index contributed by atoms with van der Waals surface area (Å²) in [7, 11) is 0. The van der Waals surface area contributed by atoms with Gasteiger partial charge in [0.05, 0.1) is 6.20 Å². The van der Waals surface area contributed by atoms with Gasteiger partial charge in [-0.3, -0.25) is 14.5 Å². The van der Waals surface area contributed by atoms with E-state index in [0.717, 1.165) is 17.2 Å². The highest BCUT2D eigenvalue weighted by Gasteiger charge is 2.54. The molecule has 0 bridgehead atoms. The SMILES string of the molecule is CCC(CC)O/N=C(\C(=O)N[C@@H]1C(=O)N2C(C(=O)O)=C(C[n+]3ccn4ncccc43)CS[C@H]12)c1nsc(N)n1. The minimum absolute atomic E-state index is 0.0133. The number of rotatable bonds is 10. The van der Waals surface area contributed by atoms with Gasteiger partial charge in [-0.05, 0) is 18.9 Å². The van der Waals surface area contributed by atoms with Crippen LogP contribution in [0.15, 0.2) is 47.1 Å². The maximum atomic E-state index is 13.2. The van der Waals surface area contributed by atoms with Crippen LogP contribution in [0, 0.1) is 0 Å². The number of anilines is 1. The van der Waals surface area contributed by atoms with Crippen molar-refractivity contribution in [1.29, 1.82) is 0 Å². The Morgan fingerprint density at radius 3 is 2.87 bits per heavy atom. The van der Waals surface area contributed by atoms with Crippen molar-refractivity contribution in [3.05, 3.63) is 47.8 Å². The first kappa shape index (κ1) is 26.6. The van der Waals surface area contributed by atoms with E-state index in [1.165, 1.54) is 16.7 Å². The van der Waals surface area contributed by atoms with Gasteiger partial charge >= 0.3 is 11.6 Å². The number of hydrogen-bond donors (Lipinski definition) is 3. The Morgan fingerprint density at radius 1 is 1.38 bits per heavy atom. The molecule has 2 aliphatic rings. The third-order valence-corrected chi connectivity index (χ3v) is 8.29. The lowest BCUT2D eigenvalue weighted by Gasteiger charge is -2.49. The first-order valence-corrected chi connectivity index (χ1v) is 14.0. The van der Waals surface area contributed by atoms with Crippen molar-refractivity contribution >= 4 is 57.6 Å². The van der Waals surface area contributed by atoms with Gasteiger partial charge in [-0.25, -0.2) is 9.36 Å². The maximum absolute atomic E-state index is 13.2. The summed E-state index contributed by atoms with van der Waals surface area (Å²) in [6, 6.07) is 2.70. The molecule has 2 aliphatic heterocycles. The molecule has 5 rings (SSSR count). The molecule has 0 saturated carbocycles. The molecule has 39 heavy (non-hydrogen) atoms. The summed E-state index contributed by atoms with van der Waals surface area (Å²) in [4.78, 5) is 49.5. The molecular formula is C23H26N9O5S2+. The predicted octanol–water partition coefficient (Wildman–Crippen LogP) is 0.404. The number of carbonyl (C=O) groups excluding carboxylic acids is 2. The first-order valence-electron chi connectivity index (χ1n) is 12.2. The maximum Gasteiger partial charge on any atom is 0.352 e. The number of nitrogens with zero attached hydrogens (tertiary/aromatic N) is 7. The van der Waals surface area contributed by atoms with E-state index in [0.29, 0.717) is 24.2 Å². The van der Waals surface area contributed by atoms with E-state index in [1.54, 1.807) is 29.2 Å². The number of imidazole rings is 1. The van der Waals surface area contributed by atoms with E-state index in [9.17, 15) is 19.5 Å². The van der Waals surface area contributed by atoms with Gasteiger partial charge in [0.2, 0.25) is 11.5 Å². The predicted molar refractivity (Wildman–Crippen MR) is 141 cm³/mol. The molecule has 1 saturated heterocycles. The number of hydrogen-bond acceptors (Lipinski definition) is 11. The summed E-state index contributed by atoms with van der Waals surface area (Å²) in [6.45, 7) is 4.13. The zero-order valence-corrected chi connectivity index (χ0v) is 22.7. The highest BCUT2D eigenvalue weighted by Crippen LogP contribution is 2.40. The van der Waals surface area contributed by atoms with Gasteiger partial charge in [0.1, 0.15) is 36.0 Å². The van der Waals surface area contributed by atoms with E-state index in [4.69, 9.17) is 10.6 Å². The van der Waals surface area contributed by atoms with Gasteiger partial charge in [-0.15, -0.1) is 16.3 Å². The molecule has 0 radical (unpaired) electrons. The van der Waals surface area contributed by atoms with Crippen LogP contribution in [0.4, 0.5) is 5.13 Å². The topological polar surface area (TPSA) is 181 Å². The zero-order chi connectivity index (χ0) is 27.7. The van der Waals surface area contributed by atoms with Gasteiger partial charge in [-0.2, -0.15) is 9.36 Å². The lowest BCUT2D eigenvalue weighted by Crippen LogP contribution is -2.71. The van der Waals surface area contributed by atoms with Crippen molar-refractivity contribution in [3.63, 3.8) is 0 Å². The highest BCUT2D eigenvalue weighted by atomic mass is 32.2. The van der Waals surface area contributed by atoms with Crippen LogP contribution in [0.5, 0.6) is 0 Å². The molecular weight excluding hydrogens is 546 g/mol. The molecule has 5 heterocycles. The number of carboxylic acid groups (broad SMARTS) is 1. The average molecular weight is 573 g/mol.